The van der Waals surface area contributed by atoms with Gasteiger partial charge in [0.1, 0.15) is 47.8 Å². The monoisotopic (exact) mass is 1650 g/mol. The van der Waals surface area contributed by atoms with Crippen LogP contribution in [-0.2, 0) is 82.9 Å². The van der Waals surface area contributed by atoms with Gasteiger partial charge in [0, 0.05) is 97.6 Å². The van der Waals surface area contributed by atoms with Crippen LogP contribution in [0.3, 0.4) is 0 Å². The average Bonchev–Trinajstić information content (AvgIpc) is 0.989. The number of rotatable bonds is 32. The number of methoxy groups -OCH3 is 1. The van der Waals surface area contributed by atoms with Crippen molar-refractivity contribution in [3.05, 3.63) is 110 Å². The number of H-pyrrole nitrogens is 1. The molecule has 9 unspecified atom stereocenters. The van der Waals surface area contributed by atoms with E-state index < -0.39 is 227 Å². The number of nitrogens with one attached hydrogen (secondary N) is 6. The van der Waals surface area contributed by atoms with E-state index in [0.717, 1.165) is 23.8 Å². The molecule has 3 aromatic carbocycles. The first-order valence-corrected chi connectivity index (χ1v) is 38.7. The number of ketones is 2. The van der Waals surface area contributed by atoms with Gasteiger partial charge in [-0.15, -0.1) is 11.8 Å². The molecule has 117 heavy (non-hydrogen) atoms. The number of hydrazone groups is 1. The molecule has 41 heteroatoms. The van der Waals surface area contributed by atoms with Gasteiger partial charge in [-0.1, -0.05) is 19.1 Å². The molecule has 11 rings (SSSR count). The van der Waals surface area contributed by atoms with E-state index in [9.17, 15) is 98.1 Å². The van der Waals surface area contributed by atoms with Gasteiger partial charge in [-0.2, -0.15) is 10.1 Å². The Labute approximate surface area is 670 Å². The fourth-order valence-electron chi connectivity index (χ4n) is 15.1. The Morgan fingerprint density at radius 2 is 1.44 bits per heavy atom. The first kappa shape index (κ1) is 86.8. The van der Waals surface area contributed by atoms with Gasteiger partial charge in [-0.25, -0.2) is 29.8 Å². The number of ether oxygens (including phenoxy) is 7. The SMILES string of the molecule is CC[C@@]1(O)C[C@H](O[C@H]2CC(N(C)C)[C@H](O[C@H]3CC(O)[C@H](O[C@H]4CC/C(=N/NC(=O)CCN5C(=O)CC(SCC(NC(=O)CCC(NC(=O)CCC(NC(=O)c6ccc(NCc7cnc8nc(N)[nH]c(=O)c8n7)cc6)C(=O)O)C(=O)O)C(=O)O)C5=O)C(C)O4)C(C)O3)C(C)O2)c2c(cc3c(c2O)C(=O)c2c(O)cccc2C3=O)[C@H]1C(=O)OC. The van der Waals surface area contributed by atoms with Crippen LogP contribution >= 0.6 is 11.8 Å². The number of aliphatic hydroxyl groups is 2. The number of likely N-dealkylation sites (tertiary alicyclic amines) is 1. The highest BCUT2D eigenvalue weighted by Gasteiger charge is 2.54. The summed E-state index contributed by atoms with van der Waals surface area (Å²) in [4.78, 5) is 186. The van der Waals surface area contributed by atoms with Gasteiger partial charge >= 0.3 is 23.9 Å². The Bertz CT molecular complexity index is 4790. The predicted octanol–water partition coefficient (Wildman–Crippen LogP) is 1.11. The van der Waals surface area contributed by atoms with Gasteiger partial charge in [0.15, 0.2) is 35.8 Å². The Morgan fingerprint density at radius 3 is 2.08 bits per heavy atom. The van der Waals surface area contributed by atoms with Gasteiger partial charge in [0.2, 0.25) is 41.3 Å². The van der Waals surface area contributed by atoms with E-state index in [1.54, 1.807) is 27.7 Å². The summed E-state index contributed by atoms with van der Waals surface area (Å²) in [5.74, 6) is -14.8. The van der Waals surface area contributed by atoms with E-state index in [1.807, 2.05) is 19.0 Å². The summed E-state index contributed by atoms with van der Waals surface area (Å²) in [7, 11) is 4.78. The zero-order valence-corrected chi connectivity index (χ0v) is 65.3. The maximum absolute atomic E-state index is 14.1. The van der Waals surface area contributed by atoms with Crippen molar-refractivity contribution in [1.82, 2.24) is 51.1 Å². The zero-order valence-electron chi connectivity index (χ0n) is 64.5. The smallest absolute Gasteiger partial charge is 0.327 e. The number of amides is 6. The maximum Gasteiger partial charge on any atom is 0.327 e. The number of benzene rings is 3. The van der Waals surface area contributed by atoms with Crippen LogP contribution in [0.1, 0.15) is 176 Å². The summed E-state index contributed by atoms with van der Waals surface area (Å²) >= 11 is 0.756. The summed E-state index contributed by atoms with van der Waals surface area (Å²) in [5, 5.41) is 89.4. The van der Waals surface area contributed by atoms with Crippen molar-refractivity contribution in [2.24, 2.45) is 5.10 Å². The summed E-state index contributed by atoms with van der Waals surface area (Å²) in [6, 6.07) is 5.74. The number of carbonyl (C=O) groups excluding carboxylic acids is 9. The van der Waals surface area contributed by atoms with E-state index in [-0.39, 0.29) is 115 Å². The molecule has 0 radical (unpaired) electrons. The number of phenolic OH excluding ortho intramolecular Hbond substituents is 2. The highest BCUT2D eigenvalue weighted by atomic mass is 32.2. The molecule has 0 spiro atoms. The number of likely N-dealkylation sites (N-methyl/N-ethyl adjacent to an activating group) is 1. The second-order valence-corrected chi connectivity index (χ2v) is 30.6. The Morgan fingerprint density at radius 1 is 0.786 bits per heavy atom. The largest absolute Gasteiger partial charge is 0.507 e. The van der Waals surface area contributed by atoms with Crippen LogP contribution in [0.4, 0.5) is 11.6 Å². The normalized spacial score (nSPS) is 26.1. The number of carboxylic acid groups (broad SMARTS) is 3. The second-order valence-electron chi connectivity index (χ2n) is 29.4. The molecule has 5 aromatic rings. The van der Waals surface area contributed by atoms with Crippen LogP contribution in [0.15, 0.2) is 64.6 Å². The molecule has 0 saturated carbocycles. The number of hydrogen-bond donors (Lipinski definition) is 14. The van der Waals surface area contributed by atoms with Crippen molar-refractivity contribution in [3.8, 4) is 11.5 Å². The number of carbonyl (C=O) groups is 12. The quantitative estimate of drug-likeness (QED) is 0.0160. The molecule has 4 aliphatic heterocycles. The van der Waals surface area contributed by atoms with Crippen LogP contribution in [0.5, 0.6) is 11.5 Å². The van der Waals surface area contributed by atoms with Crippen molar-refractivity contribution in [2.75, 3.05) is 44.6 Å². The number of phenols is 2. The van der Waals surface area contributed by atoms with Crippen LogP contribution in [-0.4, -0.2) is 266 Å². The van der Waals surface area contributed by atoms with Crippen LogP contribution in [0, 0.1) is 0 Å². The minimum atomic E-state index is -1.84. The average molecular weight is 1650 g/mol. The lowest BCUT2D eigenvalue weighted by Crippen LogP contribution is -2.58. The van der Waals surface area contributed by atoms with E-state index in [4.69, 9.17) is 38.9 Å². The van der Waals surface area contributed by atoms with Gasteiger partial charge in [0.05, 0.1) is 83.8 Å². The number of hydrogen-bond acceptors (Lipinski definition) is 32. The lowest BCUT2D eigenvalue weighted by molar-refractivity contribution is -0.324. The number of aliphatic hydroxyl groups excluding tert-OH is 1. The molecule has 2 aliphatic carbocycles. The van der Waals surface area contributed by atoms with Crippen LogP contribution in [0.25, 0.3) is 11.2 Å². The molecule has 4 saturated heterocycles. The molecule has 0 bridgehead atoms. The molecule has 40 nitrogen and oxygen atoms in total. The molecule has 4 fully saturated rings. The van der Waals surface area contributed by atoms with E-state index in [2.05, 4.69) is 51.7 Å². The number of carboxylic acids is 3. The number of aromatic nitrogens is 4. The van der Waals surface area contributed by atoms with E-state index in [0.29, 0.717) is 17.1 Å². The molecule has 6 aliphatic rings. The minimum absolute atomic E-state index is 0.00126. The summed E-state index contributed by atoms with van der Waals surface area (Å²) in [5.41, 5.74) is 5.89. The van der Waals surface area contributed by atoms with Gasteiger partial charge in [-0.05, 0) is 103 Å². The molecule has 15 N–H and O–H groups in total. The molecule has 17 atom stereocenters. The highest BCUT2D eigenvalue weighted by molar-refractivity contribution is 8.00. The topological polar surface area (TPSA) is 588 Å². The Kier molecular flexibility index (Phi) is 27.5. The summed E-state index contributed by atoms with van der Waals surface area (Å²) < 4.78 is 43.6. The number of aromatic hydroxyl groups is 2. The highest BCUT2D eigenvalue weighted by Crippen LogP contribution is 2.54. The lowest BCUT2D eigenvalue weighted by Gasteiger charge is -2.48. The zero-order chi connectivity index (χ0) is 84.8. The first-order valence-electron chi connectivity index (χ1n) is 37.7. The molecule has 2 aromatic heterocycles. The number of esters is 1. The van der Waals surface area contributed by atoms with Gasteiger partial charge < -0.3 is 101 Å². The third-order valence-electron chi connectivity index (χ3n) is 21.3. The third-order valence-corrected chi connectivity index (χ3v) is 22.6. The predicted molar refractivity (Wildman–Crippen MR) is 407 cm³/mol. The minimum Gasteiger partial charge on any atom is -0.507 e. The number of aliphatic carboxylic acids is 3. The lowest BCUT2D eigenvalue weighted by atomic mass is 9.67. The number of thioether (sulfide) groups is 1. The van der Waals surface area contributed by atoms with Crippen LogP contribution in [0.2, 0.25) is 0 Å². The second kappa shape index (κ2) is 37.1. The molecule has 6 amide bonds. The Hall–Kier alpha value is -11.0. The maximum atomic E-state index is 14.1. The van der Waals surface area contributed by atoms with Crippen molar-refractivity contribution < 1.29 is 126 Å². The Balaban J connectivity index is 0.586. The third kappa shape index (κ3) is 19.8. The summed E-state index contributed by atoms with van der Waals surface area (Å²) in [6.45, 7) is 6.54. The number of imide groups is 1. The molecular formula is C76H91N13O27S. The fraction of sp³-hybridized carbons (Fsp3) is 0.513. The number of nitrogens with two attached hydrogens (primary N) is 1. The van der Waals surface area contributed by atoms with E-state index >= 15 is 0 Å². The fourth-order valence-corrected chi connectivity index (χ4v) is 16.2. The van der Waals surface area contributed by atoms with Crippen LogP contribution < -0.4 is 38.0 Å². The number of fused-ring (bicyclic) bond motifs is 4. The summed E-state index contributed by atoms with van der Waals surface area (Å²) in [6.07, 6.45) is -10.2. The van der Waals surface area contributed by atoms with Crippen molar-refractivity contribution in [2.45, 2.75) is 214 Å². The van der Waals surface area contributed by atoms with Crippen molar-refractivity contribution >= 4 is 111 Å². The van der Waals surface area contributed by atoms with Gasteiger partial charge in [0.25, 0.3) is 11.5 Å². The van der Waals surface area contributed by atoms with Crippen molar-refractivity contribution in [3.63, 3.8) is 0 Å². The van der Waals surface area contributed by atoms with Crippen molar-refractivity contribution in [1.29, 1.82) is 0 Å². The van der Waals surface area contributed by atoms with E-state index in [1.165, 1.54) is 54.7 Å². The standard InChI is InChI=1S/C76H91N13O27S/c1-8-76(109)28-48(58-39(60(76)74(108)110-7)24-40-59(64(58)98)63(97)57-38(62(40)96)10-9-11-46(57)90)114-55-25-45(88(5)6)65(33(3)112-55)116-56-26-47(91)66(34(4)113-56)115-54-21-18-41(32(2)111-54)86-87-52(94)22-23-89-53(95)27-49(70(89)101)117-31-44(73(106)107)82-51(93)19-16-42(71(102)103)81-50(92)20-17-43(72(104)105)83-68(99)35-12-14-36(15-13-35)78-29-37-30-79-67-61(80-37)69(100)85-75(77)84-67/h9-15,24,30,32-34,42-45,47-49,54-56,60,65-66,78,90-91,98,109H,8,16-23,25-29,31H2,1-7H3,(H,81,92)(H,82,93)(H,83,99)(H,87,94)(H,102,103)(H,104,105)(H,106,107)(H3,77,79,84,85,100)/b86-41-/t32?,33?,34?,42?,43?,44?,45?,47?,48-,49?,54-,55-,56-,60-,65+,66+,76+/m0/s1. The van der Waals surface area contributed by atoms with Gasteiger partial charge in [-0.3, -0.25) is 57.8 Å². The molecular weight excluding hydrogens is 1560 g/mol. The number of anilines is 2. The first-order chi connectivity index (χ1) is 55.5. The molecule has 6 heterocycles. The molecule has 628 valence electrons. The number of aromatic amines is 1. The number of nitrogen functional groups attached to an aromatic ring is 1. The number of nitrogens with zero attached hydrogens (tertiary/aromatic N) is 6.